The first kappa shape index (κ1) is 22.0. The smallest absolute Gasteiger partial charge is 0.258 e. The van der Waals surface area contributed by atoms with Gasteiger partial charge in [-0.3, -0.25) is 0 Å². The molecule has 1 aliphatic rings. The molecular weight excluding hydrogens is 447 g/mol. The predicted molar refractivity (Wildman–Crippen MR) is 134 cm³/mol. The first-order valence-electron chi connectivity index (χ1n) is 11.0. The molecule has 0 saturated carbocycles. The molecule has 0 bridgehead atoms. The van der Waals surface area contributed by atoms with E-state index in [1.807, 2.05) is 61.2 Å². The van der Waals surface area contributed by atoms with Crippen LogP contribution in [0.2, 0.25) is 0 Å². The number of nitrogens with zero attached hydrogens (tertiary/aromatic N) is 3. The lowest BCUT2D eigenvalue weighted by Gasteiger charge is -2.37. The molecule has 5 nitrogen and oxygen atoms in total. The molecule has 5 rings (SSSR count). The molecule has 0 saturated heterocycles. The second kappa shape index (κ2) is 9.19. The summed E-state index contributed by atoms with van der Waals surface area (Å²) in [6.45, 7) is 4.62. The minimum atomic E-state index is -0.355. The Hall–Kier alpha value is -3.84. The Morgan fingerprint density at radius 3 is 2.38 bits per heavy atom. The number of benzene rings is 3. The van der Waals surface area contributed by atoms with E-state index in [1.54, 1.807) is 12.1 Å². The Labute approximate surface area is 202 Å². The van der Waals surface area contributed by atoms with Crippen LogP contribution in [-0.2, 0) is 6.54 Å². The molecule has 7 heteroatoms. The quantitative estimate of drug-likeness (QED) is 0.359. The van der Waals surface area contributed by atoms with E-state index in [-0.39, 0.29) is 11.9 Å². The van der Waals surface area contributed by atoms with Crippen molar-refractivity contribution in [2.75, 3.05) is 0 Å². The Bertz CT molecular complexity index is 1350. The lowest BCUT2D eigenvalue weighted by atomic mass is 9.94. The summed E-state index contributed by atoms with van der Waals surface area (Å²) in [6, 6.07) is 24.1. The fourth-order valence-electron chi connectivity index (χ4n) is 4.07. The number of hydrogen-bond donors (Lipinski definition) is 1. The third-order valence-corrected chi connectivity index (χ3v) is 6.29. The minimum Gasteiger partial charge on any atom is -0.351 e. The van der Waals surface area contributed by atoms with Crippen molar-refractivity contribution in [3.8, 4) is 11.4 Å². The average Bonchev–Trinajstić information content (AvgIpc) is 3.33. The number of nitrogens with one attached hydrogen (secondary N) is 1. The number of rotatable bonds is 5. The number of aryl methyl sites for hydroxylation is 1. The number of thiocarbonyl (C=S) groups is 1. The topological polar surface area (TPSA) is 54.2 Å². The van der Waals surface area contributed by atoms with Crippen molar-refractivity contribution in [1.29, 1.82) is 0 Å². The lowest BCUT2D eigenvalue weighted by Crippen LogP contribution is -2.45. The van der Waals surface area contributed by atoms with Crippen LogP contribution in [0, 0.1) is 12.7 Å². The second-order valence-corrected chi connectivity index (χ2v) is 8.68. The molecule has 1 unspecified atom stereocenters. The molecule has 1 aliphatic heterocycles. The molecule has 34 heavy (non-hydrogen) atoms. The van der Waals surface area contributed by atoms with E-state index in [9.17, 15) is 4.39 Å². The van der Waals surface area contributed by atoms with Crippen molar-refractivity contribution in [1.82, 2.24) is 20.4 Å². The van der Waals surface area contributed by atoms with Crippen LogP contribution in [0.1, 0.15) is 35.5 Å². The van der Waals surface area contributed by atoms with Gasteiger partial charge in [0.2, 0.25) is 5.82 Å². The summed E-state index contributed by atoms with van der Waals surface area (Å²) in [5.74, 6) is 0.612. The van der Waals surface area contributed by atoms with E-state index < -0.39 is 0 Å². The number of hydrogen-bond acceptors (Lipinski definition) is 4. The van der Waals surface area contributed by atoms with Crippen molar-refractivity contribution >= 4 is 22.9 Å². The highest BCUT2D eigenvalue weighted by atomic mass is 32.1. The summed E-state index contributed by atoms with van der Waals surface area (Å²) in [4.78, 5) is 6.75. The van der Waals surface area contributed by atoms with Crippen LogP contribution in [0.4, 0.5) is 4.39 Å². The van der Waals surface area contributed by atoms with E-state index >= 15 is 0 Å². The Balaban J connectivity index is 1.59. The summed E-state index contributed by atoms with van der Waals surface area (Å²) in [7, 11) is 0. The van der Waals surface area contributed by atoms with Gasteiger partial charge in [-0.25, -0.2) is 4.39 Å². The van der Waals surface area contributed by atoms with Gasteiger partial charge in [-0.2, -0.15) is 4.98 Å². The molecule has 2 heterocycles. The van der Waals surface area contributed by atoms with Crippen LogP contribution in [0.5, 0.6) is 0 Å². The number of halogens is 1. The molecule has 1 atom stereocenters. The van der Waals surface area contributed by atoms with Gasteiger partial charge in [0.25, 0.3) is 5.89 Å². The van der Waals surface area contributed by atoms with E-state index in [2.05, 4.69) is 22.6 Å². The zero-order valence-electron chi connectivity index (χ0n) is 18.8. The fraction of sp³-hybridized carbons (Fsp3) is 0.148. The summed E-state index contributed by atoms with van der Waals surface area (Å²) in [5.41, 5.74) is 5.72. The van der Waals surface area contributed by atoms with Crippen LogP contribution in [0.3, 0.4) is 0 Å². The molecule has 0 aliphatic carbocycles. The molecule has 170 valence electrons. The first-order valence-corrected chi connectivity index (χ1v) is 11.4. The third kappa shape index (κ3) is 4.34. The van der Waals surface area contributed by atoms with Gasteiger partial charge in [0.15, 0.2) is 5.11 Å². The normalized spacial score (nSPS) is 16.0. The SMILES string of the molecule is CC1=C(c2nc(-c3ccc(C)cc3)no2)C(c2ccc(F)cc2)NC(=S)N1Cc1ccccc1. The maximum Gasteiger partial charge on any atom is 0.258 e. The standard InChI is InChI=1S/C27H23FN4OS/c1-17-8-10-21(11-9-17)25-30-26(33-31-25)23-18(2)32(16-19-6-4-3-5-7-19)27(34)29-24(23)20-12-14-22(28)15-13-20/h3-15,24H,16H2,1-2H3,(H,29,34). The maximum absolute atomic E-state index is 13.6. The zero-order valence-corrected chi connectivity index (χ0v) is 19.6. The lowest BCUT2D eigenvalue weighted by molar-refractivity contribution is 0.396. The van der Waals surface area contributed by atoms with Crippen molar-refractivity contribution in [2.45, 2.75) is 26.4 Å². The van der Waals surface area contributed by atoms with Gasteiger partial charge in [-0.05, 0) is 49.3 Å². The van der Waals surface area contributed by atoms with E-state index in [4.69, 9.17) is 21.7 Å². The Kier molecular flexibility index (Phi) is 5.94. The summed E-state index contributed by atoms with van der Waals surface area (Å²) >= 11 is 5.74. The highest BCUT2D eigenvalue weighted by molar-refractivity contribution is 7.80. The number of aromatic nitrogens is 2. The third-order valence-electron chi connectivity index (χ3n) is 5.95. The van der Waals surface area contributed by atoms with Gasteiger partial charge >= 0.3 is 0 Å². The molecule has 3 aromatic carbocycles. The van der Waals surface area contributed by atoms with Crippen molar-refractivity contribution < 1.29 is 8.91 Å². The second-order valence-electron chi connectivity index (χ2n) is 8.29. The van der Waals surface area contributed by atoms with Crippen LogP contribution in [0.15, 0.2) is 89.1 Å². The zero-order chi connectivity index (χ0) is 23.7. The van der Waals surface area contributed by atoms with Gasteiger partial charge in [0.05, 0.1) is 11.6 Å². The van der Waals surface area contributed by atoms with Crippen LogP contribution in [-0.4, -0.2) is 20.2 Å². The number of allylic oxidation sites excluding steroid dienone is 1. The average molecular weight is 471 g/mol. The monoisotopic (exact) mass is 470 g/mol. The molecule has 1 N–H and O–H groups in total. The van der Waals surface area contributed by atoms with E-state index in [1.165, 1.54) is 12.1 Å². The largest absolute Gasteiger partial charge is 0.351 e. The van der Waals surface area contributed by atoms with E-state index in [0.29, 0.717) is 23.4 Å². The summed E-state index contributed by atoms with van der Waals surface area (Å²) < 4.78 is 19.4. The van der Waals surface area contributed by atoms with Crippen molar-refractivity contribution in [2.24, 2.45) is 0 Å². The summed E-state index contributed by atoms with van der Waals surface area (Å²) in [6.07, 6.45) is 0. The highest BCUT2D eigenvalue weighted by Crippen LogP contribution is 2.38. The maximum atomic E-state index is 13.6. The molecule has 4 aromatic rings. The van der Waals surface area contributed by atoms with Crippen molar-refractivity contribution in [3.05, 3.63) is 113 Å². The van der Waals surface area contributed by atoms with E-state index in [0.717, 1.165) is 33.5 Å². The van der Waals surface area contributed by atoms with Gasteiger partial charge in [-0.1, -0.05) is 77.5 Å². The van der Waals surface area contributed by atoms with Crippen LogP contribution < -0.4 is 5.32 Å². The minimum absolute atomic E-state index is 0.297. The fourth-order valence-corrected chi connectivity index (χ4v) is 4.39. The Morgan fingerprint density at radius 1 is 0.971 bits per heavy atom. The van der Waals surface area contributed by atoms with Gasteiger partial charge in [-0.15, -0.1) is 0 Å². The molecule has 0 radical (unpaired) electrons. The highest BCUT2D eigenvalue weighted by Gasteiger charge is 2.34. The molecule has 0 fully saturated rings. The molecule has 0 spiro atoms. The predicted octanol–water partition coefficient (Wildman–Crippen LogP) is 6.05. The van der Waals surface area contributed by atoms with Gasteiger partial charge in [0, 0.05) is 17.8 Å². The van der Waals surface area contributed by atoms with Gasteiger partial charge in [0.1, 0.15) is 5.82 Å². The van der Waals surface area contributed by atoms with Crippen LogP contribution in [0.25, 0.3) is 17.0 Å². The Morgan fingerprint density at radius 2 is 1.68 bits per heavy atom. The molecular formula is C27H23FN4OS. The summed E-state index contributed by atoms with van der Waals surface area (Å²) in [5, 5.41) is 8.23. The van der Waals surface area contributed by atoms with Crippen molar-refractivity contribution in [3.63, 3.8) is 0 Å². The molecule has 1 aromatic heterocycles. The van der Waals surface area contributed by atoms with Crippen LogP contribution >= 0.6 is 12.2 Å². The first-order chi connectivity index (χ1) is 16.5. The van der Waals surface area contributed by atoms with Gasteiger partial charge < -0.3 is 14.7 Å². The molecule has 0 amide bonds.